The Hall–Kier alpha value is -11.2. The molecule has 6 rings (SSSR count). The van der Waals surface area contributed by atoms with Crippen LogP contribution in [-0.4, -0.2) is 209 Å². The smallest absolute Gasteiger partial charge is 0.394 e. The number of nitrogens with two attached hydrogens (primary N) is 3. The highest BCUT2D eigenvalue weighted by atomic mass is 35.5. The summed E-state index contributed by atoms with van der Waals surface area (Å²) in [7, 11) is 0. The molecule has 112 heavy (non-hydrogen) atoms. The van der Waals surface area contributed by atoms with Crippen molar-refractivity contribution in [3.05, 3.63) is 143 Å². The average Bonchev–Trinajstić information content (AvgIpc) is 1.79. The monoisotopic (exact) mass is 1590 g/mol. The summed E-state index contributed by atoms with van der Waals surface area (Å²) in [5, 5.41) is 40.8. The number of primary amides is 1. The van der Waals surface area contributed by atoms with Crippen LogP contribution in [0.4, 0.5) is 26.3 Å². The number of hydrogen-bond donors (Lipinski definition) is 15. The second kappa shape index (κ2) is 44.0. The van der Waals surface area contributed by atoms with E-state index in [9.17, 15) is 84.2 Å². The van der Waals surface area contributed by atoms with Crippen LogP contribution in [-0.2, 0) is 78.4 Å². The van der Waals surface area contributed by atoms with Crippen LogP contribution in [0.25, 0.3) is 10.8 Å². The van der Waals surface area contributed by atoms with Crippen molar-refractivity contribution in [2.75, 3.05) is 39.3 Å². The lowest BCUT2D eigenvalue weighted by molar-refractivity contribution is -0.142. The molecule has 608 valence electrons. The van der Waals surface area contributed by atoms with Crippen LogP contribution in [0.15, 0.2) is 126 Å². The number of nitrogens with zero attached hydrogens (tertiary/aromatic N) is 5. The Labute approximate surface area is 647 Å². The van der Waals surface area contributed by atoms with Gasteiger partial charge in [-0.15, -0.1) is 0 Å². The largest absolute Gasteiger partial charge is 0.408 e. The molecule has 0 unspecified atom stereocenters. The van der Waals surface area contributed by atoms with E-state index in [2.05, 4.69) is 73.1 Å². The highest BCUT2D eigenvalue weighted by Gasteiger charge is 2.41. The number of unbranched alkanes of at least 4 members (excludes halogenated alkanes) is 1. The fourth-order valence-electron chi connectivity index (χ4n) is 12.0. The summed E-state index contributed by atoms with van der Waals surface area (Å²) >= 11 is 6.22. The number of halogens is 7. The van der Waals surface area contributed by atoms with E-state index in [0.29, 0.717) is 27.3 Å². The standard InChI is InChI=1S/C74H96ClF6N19O12/c1-42(2)31-54(63(105)94-53(70(112)100-30-12-19-60(100)69(111)91-43(3)61(82)103)17-7-8-28-88-72(89-40-73(76,77)78)90-41-74(79,80)81)95-66(108)57(35-47-13-9-26-85-37-47)96-62(104)52(18-11-29-87-71(83)84)93-68(110)59(39-101)99-67(109)58(36-48-14-10-27-86-38-48)98-65(107)56(33-45-21-24-51(75)25-22-45)97-64(106)55(92-44(4)102)34-46-20-23-49-15-5-6-16-50(49)32-46/h5-6,9-10,13-16,20-27,32,37-38,42-43,52-60,101H,7-8,11-12,17-19,28-31,33-36,39-41H2,1-4H3,(H2,82,103)(H,91,111)(H,92,102)(H,93,110)(H,94,105)(H,95,108)(H,96,104)(H,97,106)(H,98,107)(H,99,109)(H4,83,84,87)(H2,88,89,90)/t43-,52+,53+,54+,55-,56-,57-,58-,59+,60+/m1/s1. The predicted molar refractivity (Wildman–Crippen MR) is 402 cm³/mol. The van der Waals surface area contributed by atoms with Gasteiger partial charge in [-0.2, -0.15) is 26.3 Å². The second-order valence-electron chi connectivity index (χ2n) is 27.3. The molecule has 11 amide bonds. The van der Waals surface area contributed by atoms with E-state index in [1.54, 1.807) is 67.7 Å². The summed E-state index contributed by atoms with van der Waals surface area (Å²) in [5.41, 5.74) is 18.6. The van der Waals surface area contributed by atoms with Crippen LogP contribution >= 0.6 is 11.6 Å². The van der Waals surface area contributed by atoms with Crippen LogP contribution in [0.1, 0.15) is 101 Å². The zero-order valence-corrected chi connectivity index (χ0v) is 62.9. The molecule has 1 aliphatic rings. The number of rotatable bonds is 41. The van der Waals surface area contributed by atoms with Gasteiger partial charge in [-0.25, -0.2) is 4.99 Å². The molecule has 3 aromatic carbocycles. The Kier molecular flexibility index (Phi) is 35.2. The van der Waals surface area contributed by atoms with E-state index >= 15 is 0 Å². The number of nitrogens with one attached hydrogen (secondary N) is 11. The van der Waals surface area contributed by atoms with Crippen LogP contribution in [0, 0.1) is 5.92 Å². The minimum absolute atomic E-state index is 0.00437. The highest BCUT2D eigenvalue weighted by Crippen LogP contribution is 2.23. The molecule has 0 aliphatic carbocycles. The van der Waals surface area contributed by atoms with Crippen LogP contribution in [0.5, 0.6) is 0 Å². The van der Waals surface area contributed by atoms with Gasteiger partial charge in [-0.05, 0) is 121 Å². The zero-order chi connectivity index (χ0) is 82.2. The molecule has 3 heterocycles. The van der Waals surface area contributed by atoms with Crippen molar-refractivity contribution in [2.45, 2.75) is 178 Å². The number of aliphatic hydroxyl groups is 1. The predicted octanol–water partition coefficient (Wildman–Crippen LogP) is 1.36. The molecule has 31 nitrogen and oxygen atoms in total. The van der Waals surface area contributed by atoms with Crippen LogP contribution in [0.2, 0.25) is 5.02 Å². The molecular formula is C74H96ClF6N19O12. The number of alkyl halides is 6. The van der Waals surface area contributed by atoms with E-state index in [0.717, 1.165) is 10.8 Å². The minimum Gasteiger partial charge on any atom is -0.394 e. The average molecular weight is 1590 g/mol. The van der Waals surface area contributed by atoms with E-state index in [1.165, 1.54) is 49.6 Å². The van der Waals surface area contributed by atoms with Crippen molar-refractivity contribution in [2.24, 2.45) is 33.1 Å². The normalized spacial score (nSPS) is 15.4. The first-order valence-electron chi connectivity index (χ1n) is 36.2. The Bertz CT molecular complexity index is 4070. The molecule has 10 atom stereocenters. The van der Waals surface area contributed by atoms with Gasteiger partial charge in [0.2, 0.25) is 65.0 Å². The molecule has 2 aromatic heterocycles. The number of pyridine rings is 2. The van der Waals surface area contributed by atoms with Gasteiger partial charge in [0, 0.05) is 82.1 Å². The quantitative estimate of drug-likeness (QED) is 0.0114. The molecule has 0 saturated carbocycles. The third-order valence-corrected chi connectivity index (χ3v) is 17.8. The molecule has 0 spiro atoms. The van der Waals surface area contributed by atoms with Gasteiger partial charge < -0.3 is 85.7 Å². The molecule has 38 heteroatoms. The lowest BCUT2D eigenvalue weighted by Crippen LogP contribution is -2.61. The number of carbonyl (C=O) groups excluding carboxylic acids is 11. The number of aliphatic imine (C=N–C) groups is 2. The maximum absolute atomic E-state index is 14.9. The van der Waals surface area contributed by atoms with Gasteiger partial charge in [0.1, 0.15) is 73.5 Å². The minimum atomic E-state index is -4.87. The van der Waals surface area contributed by atoms with E-state index < -0.39 is 163 Å². The Morgan fingerprint density at radius 2 is 1.05 bits per heavy atom. The van der Waals surface area contributed by atoms with Gasteiger partial charge in [-0.1, -0.05) is 92.2 Å². The fraction of sp³-hybridized carbons (Fsp3) is 0.473. The first-order chi connectivity index (χ1) is 53.0. The summed E-state index contributed by atoms with van der Waals surface area (Å²) in [6.45, 7) is 0.873. The Morgan fingerprint density at radius 1 is 0.554 bits per heavy atom. The summed E-state index contributed by atoms with van der Waals surface area (Å²) in [5.74, 6) is -11.4. The maximum atomic E-state index is 14.9. The Morgan fingerprint density at radius 3 is 1.59 bits per heavy atom. The van der Waals surface area contributed by atoms with E-state index in [-0.39, 0.29) is 109 Å². The zero-order valence-electron chi connectivity index (χ0n) is 62.1. The summed E-state index contributed by atoms with van der Waals surface area (Å²) < 4.78 is 78.7. The number of fused-ring (bicyclic) bond motifs is 1. The lowest BCUT2D eigenvalue weighted by Gasteiger charge is -2.31. The molecular weight excluding hydrogens is 1500 g/mol. The van der Waals surface area contributed by atoms with E-state index in [4.69, 9.17) is 28.8 Å². The number of aliphatic hydroxyl groups excluding tert-OH is 1. The third-order valence-electron chi connectivity index (χ3n) is 17.6. The lowest BCUT2D eigenvalue weighted by atomic mass is 9.99. The van der Waals surface area contributed by atoms with Gasteiger partial charge in [0.05, 0.1) is 6.61 Å². The van der Waals surface area contributed by atoms with Crippen molar-refractivity contribution < 1.29 is 84.2 Å². The SMILES string of the molecule is CC(=O)N[C@H](Cc1ccc2ccccc2c1)C(=O)N[C@H](Cc1ccc(Cl)cc1)C(=O)N[C@H](Cc1cccnc1)C(=O)N[C@@H](CO)C(=O)N[C@@H](CCCN=C(N)N)C(=O)N[C@H](Cc1cccnc1)C(=O)N[C@@H](CC(C)C)C(=O)N[C@@H](CCCCNC(=NCC(F)(F)F)NCC(F)(F)F)C(=O)N1CCC[C@H]1C(=O)N[C@H](C)C(N)=O. The summed E-state index contributed by atoms with van der Waals surface area (Å²) in [4.78, 5) is 173. The molecule has 1 saturated heterocycles. The van der Waals surface area contributed by atoms with Crippen molar-refractivity contribution in [3.8, 4) is 0 Å². The number of amides is 11. The number of guanidine groups is 2. The third kappa shape index (κ3) is 31.3. The number of carbonyl (C=O) groups is 11. The second-order valence-corrected chi connectivity index (χ2v) is 27.7. The Balaban J connectivity index is 1.25. The van der Waals surface area contributed by atoms with Gasteiger partial charge in [0.25, 0.3) is 0 Å². The molecule has 1 aliphatic heterocycles. The molecule has 1 fully saturated rings. The molecule has 5 aromatic rings. The van der Waals surface area contributed by atoms with Crippen molar-refractivity contribution in [3.63, 3.8) is 0 Å². The first kappa shape index (κ1) is 89.7. The van der Waals surface area contributed by atoms with Crippen LogP contribution < -0.4 is 75.7 Å². The number of likely N-dealkylation sites (tertiary alicyclic amines) is 1. The molecule has 0 bridgehead atoms. The van der Waals surface area contributed by atoms with Gasteiger partial charge >= 0.3 is 12.4 Å². The summed E-state index contributed by atoms with van der Waals surface area (Å²) in [6.07, 6.45) is -5.18. The molecule has 0 radical (unpaired) electrons. The molecule has 18 N–H and O–H groups in total. The number of benzene rings is 3. The topological polar surface area (TPSA) is 472 Å². The summed E-state index contributed by atoms with van der Waals surface area (Å²) in [6, 6.07) is 11.0. The van der Waals surface area contributed by atoms with Crippen molar-refractivity contribution in [1.29, 1.82) is 0 Å². The number of hydrogen-bond acceptors (Lipinski definition) is 16. The van der Waals surface area contributed by atoms with Gasteiger partial charge in [-0.3, -0.25) is 67.7 Å². The highest BCUT2D eigenvalue weighted by molar-refractivity contribution is 6.30. The first-order valence-corrected chi connectivity index (χ1v) is 36.5. The van der Waals surface area contributed by atoms with Crippen LogP contribution in [0.3, 0.4) is 0 Å². The van der Waals surface area contributed by atoms with Crippen molar-refractivity contribution in [1.82, 2.24) is 73.4 Å². The number of aromatic nitrogens is 2. The van der Waals surface area contributed by atoms with E-state index in [1.807, 2.05) is 36.4 Å². The van der Waals surface area contributed by atoms with Gasteiger partial charge in [0.15, 0.2) is 11.9 Å². The van der Waals surface area contributed by atoms with Crippen molar-refractivity contribution >= 4 is 99.3 Å². The fourth-order valence-corrected chi connectivity index (χ4v) is 12.1. The maximum Gasteiger partial charge on any atom is 0.408 e.